The van der Waals surface area contributed by atoms with Crippen LogP contribution >= 0.6 is 12.2 Å². The predicted molar refractivity (Wildman–Crippen MR) is 119 cm³/mol. The first-order chi connectivity index (χ1) is 14.0. The number of amides is 1. The Kier molecular flexibility index (Phi) is 5.27. The monoisotopic (exact) mass is 402 g/mol. The first-order valence-corrected chi connectivity index (χ1v) is 9.99. The standard InChI is InChI=1S/C23H22N4OS/c1-16(2)14-26-22(28)20(24-23(26)29)13-18-15-27(19-11-7-4-8-12-19)25-21(18)17-9-5-3-6-10-17/h3-13,15-16H,14H2,1-2H3,(H,24,29)/b20-13+. The van der Waals surface area contributed by atoms with Crippen molar-refractivity contribution in [1.82, 2.24) is 20.0 Å². The summed E-state index contributed by atoms with van der Waals surface area (Å²) in [7, 11) is 0. The minimum absolute atomic E-state index is 0.102. The van der Waals surface area contributed by atoms with Crippen molar-refractivity contribution in [3.05, 3.63) is 78.1 Å². The molecular formula is C23H22N4OS. The highest BCUT2D eigenvalue weighted by Gasteiger charge is 2.31. The Morgan fingerprint density at radius 1 is 1.07 bits per heavy atom. The number of carbonyl (C=O) groups excluding carboxylic acids is 1. The van der Waals surface area contributed by atoms with Gasteiger partial charge in [-0.25, -0.2) is 4.68 Å². The number of nitrogens with one attached hydrogen (secondary N) is 1. The first kappa shape index (κ1) is 19.1. The lowest BCUT2D eigenvalue weighted by atomic mass is 10.1. The normalized spacial score (nSPS) is 15.4. The van der Waals surface area contributed by atoms with Crippen LogP contribution in [0.3, 0.4) is 0 Å². The van der Waals surface area contributed by atoms with E-state index >= 15 is 0 Å². The van der Waals surface area contributed by atoms with Gasteiger partial charge in [-0.1, -0.05) is 62.4 Å². The van der Waals surface area contributed by atoms with E-state index in [1.165, 1.54) is 0 Å². The molecule has 0 saturated carbocycles. The number of para-hydroxylation sites is 1. The van der Waals surface area contributed by atoms with Gasteiger partial charge in [0.05, 0.1) is 5.69 Å². The summed E-state index contributed by atoms with van der Waals surface area (Å²) in [5.74, 6) is 0.230. The van der Waals surface area contributed by atoms with Gasteiger partial charge in [-0.05, 0) is 36.3 Å². The maximum atomic E-state index is 12.9. The third-order valence-corrected chi connectivity index (χ3v) is 4.94. The maximum Gasteiger partial charge on any atom is 0.276 e. The molecule has 0 radical (unpaired) electrons. The number of thiocarbonyl (C=S) groups is 1. The van der Waals surface area contributed by atoms with Crippen molar-refractivity contribution >= 4 is 29.3 Å². The van der Waals surface area contributed by atoms with Crippen molar-refractivity contribution in [2.45, 2.75) is 13.8 Å². The van der Waals surface area contributed by atoms with Gasteiger partial charge in [-0.3, -0.25) is 9.69 Å². The average Bonchev–Trinajstić information content (AvgIpc) is 3.26. The van der Waals surface area contributed by atoms with E-state index in [4.69, 9.17) is 17.3 Å². The van der Waals surface area contributed by atoms with Crippen molar-refractivity contribution in [2.75, 3.05) is 6.54 Å². The fraction of sp³-hybridized carbons (Fsp3) is 0.174. The van der Waals surface area contributed by atoms with Gasteiger partial charge in [0.15, 0.2) is 5.11 Å². The van der Waals surface area contributed by atoms with E-state index in [0.717, 1.165) is 22.5 Å². The van der Waals surface area contributed by atoms with E-state index in [1.54, 1.807) is 4.90 Å². The molecule has 2 aromatic carbocycles. The van der Waals surface area contributed by atoms with Crippen molar-refractivity contribution in [3.8, 4) is 16.9 Å². The Labute approximate surface area is 175 Å². The minimum Gasteiger partial charge on any atom is -0.328 e. The third kappa shape index (κ3) is 3.98. The average molecular weight is 403 g/mol. The van der Waals surface area contributed by atoms with Crippen LogP contribution in [0.15, 0.2) is 72.6 Å². The molecule has 1 aliphatic heterocycles. The molecule has 0 bridgehead atoms. The zero-order chi connectivity index (χ0) is 20.4. The van der Waals surface area contributed by atoms with Crippen LogP contribution in [0.4, 0.5) is 0 Å². The summed E-state index contributed by atoms with van der Waals surface area (Å²) in [4.78, 5) is 14.5. The van der Waals surface area contributed by atoms with Gasteiger partial charge in [0.2, 0.25) is 0 Å². The van der Waals surface area contributed by atoms with Crippen LogP contribution in [0.25, 0.3) is 23.0 Å². The predicted octanol–water partition coefficient (Wildman–Crippen LogP) is 4.25. The van der Waals surface area contributed by atoms with Gasteiger partial charge in [0.25, 0.3) is 5.91 Å². The van der Waals surface area contributed by atoms with Crippen LogP contribution in [0.5, 0.6) is 0 Å². The quantitative estimate of drug-likeness (QED) is 0.512. The van der Waals surface area contributed by atoms with Gasteiger partial charge in [0.1, 0.15) is 11.4 Å². The molecule has 0 atom stereocenters. The first-order valence-electron chi connectivity index (χ1n) is 9.58. The Morgan fingerprint density at radius 3 is 2.38 bits per heavy atom. The zero-order valence-electron chi connectivity index (χ0n) is 16.4. The second kappa shape index (κ2) is 8.01. The summed E-state index contributed by atoms with van der Waals surface area (Å²) in [6, 6.07) is 19.9. The summed E-state index contributed by atoms with van der Waals surface area (Å²) in [5, 5.41) is 8.31. The Hall–Kier alpha value is -3.25. The molecule has 2 heterocycles. The highest BCUT2D eigenvalue weighted by atomic mass is 32.1. The minimum atomic E-state index is -0.102. The van der Waals surface area contributed by atoms with Crippen molar-refractivity contribution in [3.63, 3.8) is 0 Å². The van der Waals surface area contributed by atoms with Gasteiger partial charge in [0, 0.05) is 23.9 Å². The highest BCUT2D eigenvalue weighted by Crippen LogP contribution is 2.26. The fourth-order valence-electron chi connectivity index (χ4n) is 3.28. The van der Waals surface area contributed by atoms with Gasteiger partial charge < -0.3 is 5.32 Å². The fourth-order valence-corrected chi connectivity index (χ4v) is 3.55. The Morgan fingerprint density at radius 2 is 1.72 bits per heavy atom. The molecule has 0 aliphatic carbocycles. The summed E-state index contributed by atoms with van der Waals surface area (Å²) in [5.41, 5.74) is 4.08. The molecule has 5 nitrogen and oxygen atoms in total. The second-order valence-electron chi connectivity index (χ2n) is 7.38. The smallest absolute Gasteiger partial charge is 0.276 e. The van der Waals surface area contributed by atoms with E-state index in [1.807, 2.05) is 77.6 Å². The van der Waals surface area contributed by atoms with Crippen molar-refractivity contribution < 1.29 is 4.79 Å². The molecule has 1 aromatic heterocycles. The summed E-state index contributed by atoms with van der Waals surface area (Å²) in [6.07, 6.45) is 3.78. The van der Waals surface area contributed by atoms with Crippen LogP contribution < -0.4 is 5.32 Å². The van der Waals surface area contributed by atoms with Crippen LogP contribution in [0.1, 0.15) is 19.4 Å². The summed E-state index contributed by atoms with van der Waals surface area (Å²) in [6.45, 7) is 4.72. The number of carbonyl (C=O) groups is 1. The largest absolute Gasteiger partial charge is 0.328 e. The van der Waals surface area contributed by atoms with Crippen LogP contribution in [0, 0.1) is 5.92 Å². The molecule has 1 fully saturated rings. The van der Waals surface area contributed by atoms with Crippen molar-refractivity contribution in [2.24, 2.45) is 5.92 Å². The Bertz CT molecular complexity index is 1070. The van der Waals surface area contributed by atoms with E-state index in [-0.39, 0.29) is 5.91 Å². The summed E-state index contributed by atoms with van der Waals surface area (Å²) < 4.78 is 1.83. The lowest BCUT2D eigenvalue weighted by Crippen LogP contribution is -2.33. The van der Waals surface area contributed by atoms with Gasteiger partial charge in [-0.2, -0.15) is 5.10 Å². The van der Waals surface area contributed by atoms with Gasteiger partial charge in [-0.15, -0.1) is 0 Å². The molecule has 6 heteroatoms. The van der Waals surface area contributed by atoms with E-state index in [0.29, 0.717) is 23.3 Å². The van der Waals surface area contributed by atoms with Crippen LogP contribution in [-0.4, -0.2) is 32.2 Å². The number of aromatic nitrogens is 2. The third-order valence-electron chi connectivity index (χ3n) is 4.62. The van der Waals surface area contributed by atoms with Crippen LogP contribution in [-0.2, 0) is 4.79 Å². The van der Waals surface area contributed by atoms with E-state index in [2.05, 4.69) is 19.2 Å². The molecule has 146 valence electrons. The van der Waals surface area contributed by atoms with Gasteiger partial charge >= 0.3 is 0 Å². The lowest BCUT2D eigenvalue weighted by Gasteiger charge is -2.15. The molecule has 1 saturated heterocycles. The molecule has 0 unspecified atom stereocenters. The van der Waals surface area contributed by atoms with E-state index in [9.17, 15) is 4.79 Å². The Balaban J connectivity index is 1.77. The molecule has 29 heavy (non-hydrogen) atoms. The lowest BCUT2D eigenvalue weighted by molar-refractivity contribution is -0.122. The number of rotatable bonds is 5. The molecule has 1 amide bonds. The number of nitrogens with zero attached hydrogens (tertiary/aromatic N) is 3. The number of hydrogen-bond acceptors (Lipinski definition) is 3. The number of hydrogen-bond donors (Lipinski definition) is 1. The highest BCUT2D eigenvalue weighted by molar-refractivity contribution is 7.80. The van der Waals surface area contributed by atoms with Crippen LogP contribution in [0.2, 0.25) is 0 Å². The zero-order valence-corrected chi connectivity index (χ0v) is 17.2. The maximum absolute atomic E-state index is 12.9. The van der Waals surface area contributed by atoms with Crippen molar-refractivity contribution in [1.29, 1.82) is 0 Å². The topological polar surface area (TPSA) is 50.2 Å². The number of benzene rings is 2. The molecule has 0 spiro atoms. The molecular weight excluding hydrogens is 380 g/mol. The molecule has 1 aliphatic rings. The summed E-state index contributed by atoms with van der Waals surface area (Å²) >= 11 is 5.37. The molecule has 4 rings (SSSR count). The SMILES string of the molecule is CC(C)CN1C(=O)/C(=C\c2cn(-c3ccccc3)nc2-c2ccccc2)NC1=S. The van der Waals surface area contributed by atoms with E-state index < -0.39 is 0 Å². The molecule has 3 aromatic rings. The second-order valence-corrected chi connectivity index (χ2v) is 7.76. The molecule has 1 N–H and O–H groups in total.